The highest BCUT2D eigenvalue weighted by Crippen LogP contribution is 2.42. The molecule has 0 fully saturated rings. The quantitative estimate of drug-likeness (QED) is 0.859. The minimum Gasteiger partial charge on any atom is -0.508 e. The van der Waals surface area contributed by atoms with E-state index in [1.807, 2.05) is 6.92 Å². The van der Waals surface area contributed by atoms with E-state index in [9.17, 15) is 28.2 Å². The van der Waals surface area contributed by atoms with Crippen molar-refractivity contribution in [1.29, 1.82) is 0 Å². The second kappa shape index (κ2) is 6.70. The molecule has 142 valence electrons. The van der Waals surface area contributed by atoms with Gasteiger partial charge in [0.15, 0.2) is 0 Å². The maximum Gasteiger partial charge on any atom is 0.438 e. The number of hydrogen-bond donors (Lipinski definition) is 2. The van der Waals surface area contributed by atoms with Gasteiger partial charge in [-0.2, -0.15) is 23.3 Å². The Morgan fingerprint density at radius 2 is 1.74 bits per heavy atom. The third-order valence-electron chi connectivity index (χ3n) is 4.44. The van der Waals surface area contributed by atoms with E-state index >= 15 is 0 Å². The molecule has 1 heterocycles. The number of amides is 1. The van der Waals surface area contributed by atoms with Crippen molar-refractivity contribution < 1.29 is 28.2 Å². The molecule has 0 unspecified atom stereocenters. The normalized spacial score (nSPS) is 19.9. The van der Waals surface area contributed by atoms with Gasteiger partial charge in [-0.1, -0.05) is 31.2 Å². The zero-order chi connectivity index (χ0) is 19.8. The smallest absolute Gasteiger partial charge is 0.438 e. The number of carbonyl (C=O) groups excluding carboxylic acids is 1. The van der Waals surface area contributed by atoms with Gasteiger partial charge >= 0.3 is 6.18 Å². The molecule has 1 aliphatic heterocycles. The number of aliphatic hydroxyl groups is 1. The fraction of sp³-hybridized carbons (Fsp3) is 0.263. The van der Waals surface area contributed by atoms with E-state index in [2.05, 4.69) is 5.10 Å². The number of alkyl halides is 3. The average Bonchev–Trinajstić information content (AvgIpc) is 3.01. The lowest BCUT2D eigenvalue weighted by Gasteiger charge is -2.32. The monoisotopic (exact) mass is 378 g/mol. The maximum absolute atomic E-state index is 13.6. The van der Waals surface area contributed by atoms with Crippen LogP contribution in [0.4, 0.5) is 13.2 Å². The van der Waals surface area contributed by atoms with Crippen molar-refractivity contribution in [2.75, 3.05) is 0 Å². The minimum absolute atomic E-state index is 0.0374. The number of aryl methyl sites for hydroxylation is 1. The van der Waals surface area contributed by atoms with E-state index in [1.165, 1.54) is 12.1 Å². The minimum atomic E-state index is -5.10. The largest absolute Gasteiger partial charge is 0.508 e. The SMILES string of the molecule is CCc1ccc(C2=NN(C(=O)c3ccc(O)cc3)[C@@](O)(C(F)(F)F)C2)cc1. The van der Waals surface area contributed by atoms with Crippen molar-refractivity contribution >= 4 is 11.6 Å². The van der Waals surface area contributed by atoms with Crippen molar-refractivity contribution in [1.82, 2.24) is 5.01 Å². The van der Waals surface area contributed by atoms with E-state index < -0.39 is 24.2 Å². The van der Waals surface area contributed by atoms with Gasteiger partial charge < -0.3 is 10.2 Å². The van der Waals surface area contributed by atoms with Gasteiger partial charge in [0.1, 0.15) is 5.75 Å². The van der Waals surface area contributed by atoms with Gasteiger partial charge in [0, 0.05) is 5.56 Å². The van der Waals surface area contributed by atoms with Crippen LogP contribution in [-0.4, -0.2) is 38.7 Å². The Bertz CT molecular complexity index is 877. The first-order valence-corrected chi connectivity index (χ1v) is 8.25. The summed E-state index contributed by atoms with van der Waals surface area (Å²) in [5.41, 5.74) is -2.22. The summed E-state index contributed by atoms with van der Waals surface area (Å²) in [6.07, 6.45) is -5.20. The first-order valence-electron chi connectivity index (χ1n) is 8.25. The fourth-order valence-electron chi connectivity index (χ4n) is 2.80. The number of phenols is 1. The van der Waals surface area contributed by atoms with Gasteiger partial charge in [0.2, 0.25) is 0 Å². The van der Waals surface area contributed by atoms with E-state index in [0.29, 0.717) is 5.56 Å². The highest BCUT2D eigenvalue weighted by Gasteiger charge is 2.63. The van der Waals surface area contributed by atoms with Crippen LogP contribution in [0.15, 0.2) is 53.6 Å². The lowest BCUT2D eigenvalue weighted by molar-refractivity contribution is -0.297. The Hall–Kier alpha value is -2.87. The summed E-state index contributed by atoms with van der Waals surface area (Å²) < 4.78 is 40.8. The summed E-state index contributed by atoms with van der Waals surface area (Å²) >= 11 is 0. The van der Waals surface area contributed by atoms with Crippen molar-refractivity contribution in [2.45, 2.75) is 31.7 Å². The zero-order valence-electron chi connectivity index (χ0n) is 14.4. The molecule has 0 spiro atoms. The molecule has 2 aromatic rings. The predicted octanol–water partition coefficient (Wildman–Crippen LogP) is 3.46. The second-order valence-corrected chi connectivity index (χ2v) is 6.25. The van der Waals surface area contributed by atoms with Gasteiger partial charge in [-0.3, -0.25) is 4.79 Å². The van der Waals surface area contributed by atoms with Crippen molar-refractivity contribution in [3.05, 3.63) is 65.2 Å². The number of hydrazone groups is 1. The molecular weight excluding hydrogens is 361 g/mol. The number of aromatic hydroxyl groups is 1. The Labute approximate surface area is 153 Å². The number of hydrogen-bond acceptors (Lipinski definition) is 4. The first-order chi connectivity index (χ1) is 12.7. The van der Waals surface area contributed by atoms with Gasteiger partial charge in [0.25, 0.3) is 11.6 Å². The Kier molecular flexibility index (Phi) is 4.69. The van der Waals surface area contributed by atoms with Crippen molar-refractivity contribution in [3.8, 4) is 5.75 Å². The molecule has 3 rings (SSSR count). The van der Waals surface area contributed by atoms with Gasteiger partial charge in [0.05, 0.1) is 12.1 Å². The van der Waals surface area contributed by atoms with E-state index in [4.69, 9.17) is 0 Å². The molecule has 0 aliphatic carbocycles. The first kappa shape index (κ1) is 18.9. The molecule has 5 nitrogen and oxygen atoms in total. The van der Waals surface area contributed by atoms with E-state index in [0.717, 1.165) is 24.1 Å². The molecule has 8 heteroatoms. The Balaban J connectivity index is 2.01. The molecule has 0 saturated carbocycles. The number of carbonyl (C=O) groups is 1. The third-order valence-corrected chi connectivity index (χ3v) is 4.44. The molecule has 1 aliphatic rings. The summed E-state index contributed by atoms with van der Waals surface area (Å²) in [6.45, 7) is 1.95. The highest BCUT2D eigenvalue weighted by molar-refractivity contribution is 6.05. The third kappa shape index (κ3) is 3.40. The molecular formula is C19H17F3N2O3. The van der Waals surface area contributed by atoms with Crippen molar-refractivity contribution in [2.24, 2.45) is 5.10 Å². The molecule has 0 bridgehead atoms. The van der Waals surface area contributed by atoms with Crippen LogP contribution in [-0.2, 0) is 6.42 Å². The van der Waals surface area contributed by atoms with Crippen molar-refractivity contribution in [3.63, 3.8) is 0 Å². The van der Waals surface area contributed by atoms with E-state index in [1.54, 1.807) is 24.3 Å². The summed E-state index contributed by atoms with van der Waals surface area (Å²) in [6, 6.07) is 11.4. The lowest BCUT2D eigenvalue weighted by atomic mass is 9.99. The number of rotatable bonds is 3. The van der Waals surface area contributed by atoms with Gasteiger partial charge in [-0.25, -0.2) is 0 Å². The van der Waals surface area contributed by atoms with Crippen LogP contribution >= 0.6 is 0 Å². The lowest BCUT2D eigenvalue weighted by Crippen LogP contribution is -2.56. The molecule has 2 N–H and O–H groups in total. The van der Waals surface area contributed by atoms with Crippen LogP contribution in [0.1, 0.15) is 34.8 Å². The summed E-state index contributed by atoms with van der Waals surface area (Å²) in [5.74, 6) is -1.26. The fourth-order valence-corrected chi connectivity index (χ4v) is 2.80. The molecule has 0 aromatic heterocycles. The highest BCUT2D eigenvalue weighted by atomic mass is 19.4. The number of halogens is 3. The van der Waals surface area contributed by atoms with Crippen LogP contribution in [0.3, 0.4) is 0 Å². The van der Waals surface area contributed by atoms with Crippen LogP contribution in [0.2, 0.25) is 0 Å². The summed E-state index contributed by atoms with van der Waals surface area (Å²) in [4.78, 5) is 12.6. The predicted molar refractivity (Wildman–Crippen MR) is 92.3 cm³/mol. The molecule has 0 saturated heterocycles. The molecule has 1 amide bonds. The Morgan fingerprint density at radius 3 is 2.26 bits per heavy atom. The topological polar surface area (TPSA) is 73.1 Å². The summed E-state index contributed by atoms with van der Waals surface area (Å²) in [5, 5.41) is 23.5. The molecule has 0 radical (unpaired) electrons. The number of nitrogens with zero attached hydrogens (tertiary/aromatic N) is 2. The van der Waals surface area contributed by atoms with Gasteiger partial charge in [-0.05, 0) is 41.8 Å². The second-order valence-electron chi connectivity index (χ2n) is 6.25. The van der Waals surface area contributed by atoms with E-state index in [-0.39, 0.29) is 22.0 Å². The van der Waals surface area contributed by atoms with Crippen LogP contribution in [0.5, 0.6) is 5.75 Å². The molecule has 27 heavy (non-hydrogen) atoms. The number of phenolic OH excluding ortho intramolecular Hbond substituents is 1. The van der Waals surface area contributed by atoms with Gasteiger partial charge in [-0.15, -0.1) is 0 Å². The maximum atomic E-state index is 13.6. The van der Waals surface area contributed by atoms with Crippen LogP contribution in [0.25, 0.3) is 0 Å². The number of benzene rings is 2. The summed E-state index contributed by atoms with van der Waals surface area (Å²) in [7, 11) is 0. The van der Waals surface area contributed by atoms with Crippen LogP contribution < -0.4 is 0 Å². The Morgan fingerprint density at radius 1 is 1.15 bits per heavy atom. The standard InChI is InChI=1S/C19H17F3N2O3/c1-2-12-3-5-13(6-4-12)16-11-18(27,19(20,21)22)24(23-16)17(26)14-7-9-15(25)10-8-14/h3-10,25,27H,2,11H2,1H3/t18-/m0/s1. The van der Waals surface area contributed by atoms with Crippen LogP contribution in [0, 0.1) is 0 Å². The average molecular weight is 378 g/mol. The zero-order valence-corrected chi connectivity index (χ0v) is 14.4. The molecule has 2 aromatic carbocycles. The molecule has 1 atom stereocenters.